The molecule has 43 heavy (non-hydrogen) atoms. The van der Waals surface area contributed by atoms with Gasteiger partial charge < -0.3 is 0 Å². The van der Waals surface area contributed by atoms with Gasteiger partial charge in [0.05, 0.1) is 0 Å². The van der Waals surface area contributed by atoms with Crippen molar-refractivity contribution >= 4 is 0 Å². The Balaban J connectivity index is 1.64. The fraction of sp³-hybridized carbons (Fsp3) is 0.395. The van der Waals surface area contributed by atoms with E-state index in [0.717, 1.165) is 19.3 Å². The highest BCUT2D eigenvalue weighted by atomic mass is 14.6. The topological polar surface area (TPSA) is 0 Å². The molecular weight excluding hydrogens is 516 g/mol. The molecule has 6 rings (SSSR count). The molecule has 4 atom stereocenters. The Morgan fingerprint density at radius 3 is 1.60 bits per heavy atom. The Bertz CT molecular complexity index is 1430. The largest absolute Gasteiger partial charge is 0.103 e. The molecule has 1 fully saturated rings. The van der Waals surface area contributed by atoms with E-state index in [1.165, 1.54) is 27.8 Å². The molecule has 0 heteroatoms. The molecule has 1 saturated carbocycles. The van der Waals surface area contributed by atoms with Gasteiger partial charge in [0.1, 0.15) is 0 Å². The zero-order valence-electron chi connectivity index (χ0n) is 27.2. The maximum absolute atomic E-state index is 4.02. The van der Waals surface area contributed by atoms with Crippen molar-refractivity contribution in [2.45, 2.75) is 66.2 Å². The van der Waals surface area contributed by atoms with E-state index in [0.29, 0.717) is 29.6 Å². The van der Waals surface area contributed by atoms with Crippen LogP contribution in [0.15, 0.2) is 144 Å². The second-order valence-corrected chi connectivity index (χ2v) is 15.4. The zero-order valence-corrected chi connectivity index (χ0v) is 27.2. The standard InChI is InChI=1S/C43H50/c1-8-9-16-30-21-22-35(27-30)43(31-17-12-10-13-18-31,32-19-14-11-15-20-32)40-38-28-33(41(2,3)4)23-25-36(38)37-26-24-34(29-39(37)40)42(5,6)7/h8,10-15,17-26,28-29,36-40H,1,9,16,27H2,2-7H3. The van der Waals surface area contributed by atoms with Gasteiger partial charge in [0, 0.05) is 5.41 Å². The van der Waals surface area contributed by atoms with Crippen LogP contribution < -0.4 is 0 Å². The quantitative estimate of drug-likeness (QED) is 0.292. The summed E-state index contributed by atoms with van der Waals surface area (Å²) < 4.78 is 0. The number of rotatable bonds is 7. The molecule has 2 aromatic carbocycles. The van der Waals surface area contributed by atoms with E-state index in [9.17, 15) is 0 Å². The van der Waals surface area contributed by atoms with Gasteiger partial charge in [-0.3, -0.25) is 0 Å². The third-order valence-electron chi connectivity index (χ3n) is 10.7. The first-order valence-electron chi connectivity index (χ1n) is 16.5. The van der Waals surface area contributed by atoms with E-state index in [1.54, 1.807) is 5.57 Å². The van der Waals surface area contributed by atoms with Crippen molar-refractivity contribution in [3.8, 4) is 0 Å². The number of fused-ring (bicyclic) bond motifs is 3. The summed E-state index contributed by atoms with van der Waals surface area (Å²) in [6.07, 6.45) is 25.6. The van der Waals surface area contributed by atoms with E-state index in [2.05, 4.69) is 163 Å². The molecule has 0 radical (unpaired) electrons. The summed E-state index contributed by atoms with van der Waals surface area (Å²) in [7, 11) is 0. The van der Waals surface area contributed by atoms with Crippen molar-refractivity contribution in [2.75, 3.05) is 0 Å². The highest BCUT2D eigenvalue weighted by molar-refractivity contribution is 5.56. The molecule has 4 aliphatic rings. The van der Waals surface area contributed by atoms with E-state index < -0.39 is 0 Å². The lowest BCUT2D eigenvalue weighted by Gasteiger charge is -2.48. The van der Waals surface area contributed by atoms with Crippen LogP contribution in [0.4, 0.5) is 0 Å². The molecule has 0 saturated heterocycles. The van der Waals surface area contributed by atoms with Crippen LogP contribution >= 0.6 is 0 Å². The Kier molecular flexibility index (Phi) is 7.78. The van der Waals surface area contributed by atoms with Gasteiger partial charge in [0.2, 0.25) is 0 Å². The van der Waals surface area contributed by atoms with Crippen LogP contribution in [0.25, 0.3) is 0 Å². The SMILES string of the molecule is C=CCCC1=CC=C(C(c2ccccc2)(c2ccccc2)C2C3C=C(C(C)(C)C)C=CC3C3C=CC(C(C)(C)C)=CC32)C1. The normalized spacial score (nSPS) is 26.7. The Morgan fingerprint density at radius 1 is 0.674 bits per heavy atom. The van der Waals surface area contributed by atoms with E-state index in [4.69, 9.17) is 0 Å². The Morgan fingerprint density at radius 2 is 1.16 bits per heavy atom. The first kappa shape index (κ1) is 29.7. The van der Waals surface area contributed by atoms with Crippen LogP contribution in [-0.4, -0.2) is 0 Å². The van der Waals surface area contributed by atoms with Crippen LogP contribution in [-0.2, 0) is 5.41 Å². The minimum Gasteiger partial charge on any atom is -0.103 e. The molecule has 0 N–H and O–H groups in total. The third kappa shape index (κ3) is 5.22. The average molecular weight is 567 g/mol. The maximum atomic E-state index is 4.02. The fourth-order valence-corrected chi connectivity index (χ4v) is 8.57. The van der Waals surface area contributed by atoms with Crippen LogP contribution in [0.2, 0.25) is 0 Å². The van der Waals surface area contributed by atoms with Crippen molar-refractivity contribution in [1.82, 2.24) is 0 Å². The van der Waals surface area contributed by atoms with Gasteiger partial charge >= 0.3 is 0 Å². The lowest BCUT2D eigenvalue weighted by Crippen LogP contribution is -2.44. The summed E-state index contributed by atoms with van der Waals surface area (Å²) in [6.45, 7) is 18.2. The summed E-state index contributed by atoms with van der Waals surface area (Å²) in [6, 6.07) is 23.0. The van der Waals surface area contributed by atoms with E-state index in [1.807, 2.05) is 0 Å². The molecule has 0 spiro atoms. The van der Waals surface area contributed by atoms with Crippen LogP contribution in [0.5, 0.6) is 0 Å². The summed E-state index contributed by atoms with van der Waals surface area (Å²) in [5.41, 5.74) is 8.84. The molecule has 0 bridgehead atoms. The Labute approximate surface area is 261 Å². The van der Waals surface area contributed by atoms with Gasteiger partial charge in [0.15, 0.2) is 0 Å². The predicted octanol–water partition coefficient (Wildman–Crippen LogP) is 11.4. The minimum atomic E-state index is -0.257. The number of allylic oxidation sites excluding steroid dienone is 13. The molecule has 0 nitrogen and oxygen atoms in total. The minimum absolute atomic E-state index is 0.107. The molecule has 2 aromatic rings. The molecular formula is C43H50. The van der Waals surface area contributed by atoms with Crippen molar-refractivity contribution in [1.29, 1.82) is 0 Å². The highest BCUT2D eigenvalue weighted by Crippen LogP contribution is 2.64. The van der Waals surface area contributed by atoms with Gasteiger partial charge in [-0.15, -0.1) is 6.58 Å². The number of hydrogen-bond donors (Lipinski definition) is 0. The van der Waals surface area contributed by atoms with Crippen molar-refractivity contribution in [2.24, 2.45) is 40.4 Å². The first-order valence-corrected chi connectivity index (χ1v) is 16.5. The van der Waals surface area contributed by atoms with Crippen molar-refractivity contribution in [3.63, 3.8) is 0 Å². The maximum Gasteiger partial charge on any atom is 0.0457 e. The molecule has 0 aliphatic heterocycles. The smallest absolute Gasteiger partial charge is 0.0457 e. The molecule has 4 aliphatic carbocycles. The van der Waals surface area contributed by atoms with E-state index >= 15 is 0 Å². The molecule has 0 heterocycles. The molecule has 4 unspecified atom stereocenters. The van der Waals surface area contributed by atoms with Gasteiger partial charge in [0.25, 0.3) is 0 Å². The molecule has 0 amide bonds. The summed E-state index contributed by atoms with van der Waals surface area (Å²) in [4.78, 5) is 0. The van der Waals surface area contributed by atoms with Gasteiger partial charge in [-0.2, -0.15) is 0 Å². The van der Waals surface area contributed by atoms with Crippen molar-refractivity contribution < 1.29 is 0 Å². The zero-order chi connectivity index (χ0) is 30.4. The Hall–Kier alpha value is -3.38. The van der Waals surface area contributed by atoms with Crippen LogP contribution in [0.3, 0.4) is 0 Å². The van der Waals surface area contributed by atoms with Gasteiger partial charge in [-0.25, -0.2) is 0 Å². The predicted molar refractivity (Wildman–Crippen MR) is 185 cm³/mol. The van der Waals surface area contributed by atoms with Crippen molar-refractivity contribution in [3.05, 3.63) is 155 Å². The second kappa shape index (κ2) is 11.3. The molecule has 0 aromatic heterocycles. The van der Waals surface area contributed by atoms with Gasteiger partial charge in [-0.1, -0.05) is 168 Å². The number of benzene rings is 2. The van der Waals surface area contributed by atoms with Gasteiger partial charge in [-0.05, 0) is 82.0 Å². The fourth-order valence-electron chi connectivity index (χ4n) is 8.57. The third-order valence-corrected chi connectivity index (χ3v) is 10.7. The monoisotopic (exact) mass is 566 g/mol. The van der Waals surface area contributed by atoms with Crippen LogP contribution in [0, 0.1) is 40.4 Å². The second-order valence-electron chi connectivity index (χ2n) is 15.4. The summed E-state index contributed by atoms with van der Waals surface area (Å²) in [5, 5.41) is 0. The highest BCUT2D eigenvalue weighted by Gasteiger charge is 2.59. The lowest BCUT2D eigenvalue weighted by molar-refractivity contribution is 0.258. The van der Waals surface area contributed by atoms with E-state index in [-0.39, 0.29) is 16.2 Å². The average Bonchev–Trinajstić information content (AvgIpc) is 3.60. The summed E-state index contributed by atoms with van der Waals surface area (Å²) in [5.74, 6) is 2.19. The number of hydrogen-bond acceptors (Lipinski definition) is 0. The summed E-state index contributed by atoms with van der Waals surface area (Å²) >= 11 is 0. The first-order chi connectivity index (χ1) is 20.5. The van der Waals surface area contributed by atoms with Crippen LogP contribution in [0.1, 0.15) is 71.9 Å². The lowest BCUT2D eigenvalue weighted by atomic mass is 9.54. The molecule has 222 valence electrons.